The van der Waals surface area contributed by atoms with Gasteiger partial charge < -0.3 is 10.6 Å². The molecule has 1 aliphatic rings. The molecule has 0 radical (unpaired) electrons. The Labute approximate surface area is 166 Å². The summed E-state index contributed by atoms with van der Waals surface area (Å²) in [6, 6.07) is 9.23. The lowest BCUT2D eigenvalue weighted by molar-refractivity contribution is -0.131. The zero-order valence-corrected chi connectivity index (χ0v) is 15.8. The van der Waals surface area contributed by atoms with Crippen LogP contribution in [0.15, 0.2) is 30.6 Å². The van der Waals surface area contributed by atoms with Gasteiger partial charge in [-0.05, 0) is 25.0 Å². The van der Waals surface area contributed by atoms with Crippen molar-refractivity contribution < 1.29 is 4.79 Å². The van der Waals surface area contributed by atoms with Gasteiger partial charge in [0.2, 0.25) is 5.91 Å². The van der Waals surface area contributed by atoms with Gasteiger partial charge in [-0.3, -0.25) is 4.79 Å². The van der Waals surface area contributed by atoms with Crippen molar-refractivity contribution in [1.82, 2.24) is 24.6 Å². The number of nitrogen functional groups attached to an aromatic ring is 1. The minimum atomic E-state index is -0.157. The Kier molecular flexibility index (Phi) is 4.84. The lowest BCUT2D eigenvalue weighted by Gasteiger charge is -2.32. The number of aromatic nitrogens is 4. The smallest absolute Gasteiger partial charge is 0.236 e. The van der Waals surface area contributed by atoms with Crippen LogP contribution in [0.1, 0.15) is 25.3 Å². The second-order valence-corrected chi connectivity index (χ2v) is 7.16. The summed E-state index contributed by atoms with van der Waals surface area (Å²) in [4.78, 5) is 22.4. The summed E-state index contributed by atoms with van der Waals surface area (Å²) in [5, 5.41) is 14.9. The minimum absolute atomic E-state index is 0.0470. The molecule has 1 unspecified atom stereocenters. The van der Waals surface area contributed by atoms with E-state index in [2.05, 4.69) is 9.97 Å². The highest BCUT2D eigenvalue weighted by Crippen LogP contribution is 2.34. The molecule has 4 rings (SSSR count). The van der Waals surface area contributed by atoms with Crippen molar-refractivity contribution in [3.8, 4) is 17.3 Å². The van der Waals surface area contributed by atoms with E-state index < -0.39 is 0 Å². The topological polar surface area (TPSA) is 114 Å². The Bertz CT molecular complexity index is 1070. The number of amides is 1. The van der Waals surface area contributed by atoms with E-state index in [1.807, 2.05) is 22.9 Å². The van der Waals surface area contributed by atoms with Gasteiger partial charge in [0.1, 0.15) is 24.3 Å². The van der Waals surface area contributed by atoms with Crippen LogP contribution in [0, 0.1) is 11.3 Å². The minimum Gasteiger partial charge on any atom is -0.383 e. The average molecular weight is 396 g/mol. The highest BCUT2D eigenvalue weighted by Gasteiger charge is 2.28. The summed E-state index contributed by atoms with van der Waals surface area (Å²) >= 11 is 6.01. The van der Waals surface area contributed by atoms with Gasteiger partial charge in [0.05, 0.1) is 17.5 Å². The van der Waals surface area contributed by atoms with Crippen molar-refractivity contribution >= 4 is 34.4 Å². The van der Waals surface area contributed by atoms with Crippen LogP contribution < -0.4 is 5.73 Å². The number of fused-ring (bicyclic) bond motifs is 1. The van der Waals surface area contributed by atoms with Crippen LogP contribution in [-0.4, -0.2) is 43.6 Å². The molecular weight excluding hydrogens is 378 g/mol. The van der Waals surface area contributed by atoms with Gasteiger partial charge in [0, 0.05) is 23.7 Å². The number of carbonyl (C=O) groups is 1. The zero-order valence-electron chi connectivity index (χ0n) is 15.0. The number of nitrogens with two attached hydrogens (primary N) is 1. The number of hydrogen-bond acceptors (Lipinski definition) is 6. The predicted molar refractivity (Wildman–Crippen MR) is 105 cm³/mol. The van der Waals surface area contributed by atoms with Crippen LogP contribution >= 0.6 is 11.6 Å². The molecule has 0 aliphatic carbocycles. The normalized spacial score (nSPS) is 16.9. The summed E-state index contributed by atoms with van der Waals surface area (Å²) < 4.78 is 1.84. The first-order valence-electron chi connectivity index (χ1n) is 8.98. The number of benzene rings is 1. The van der Waals surface area contributed by atoms with Gasteiger partial charge in [-0.25, -0.2) is 14.6 Å². The van der Waals surface area contributed by atoms with Crippen LogP contribution in [0.3, 0.4) is 0 Å². The van der Waals surface area contributed by atoms with E-state index in [0.29, 0.717) is 40.7 Å². The largest absolute Gasteiger partial charge is 0.383 e. The number of hydrogen-bond donors (Lipinski definition) is 1. The highest BCUT2D eigenvalue weighted by atomic mass is 35.5. The Morgan fingerprint density at radius 2 is 2.11 bits per heavy atom. The second-order valence-electron chi connectivity index (χ2n) is 6.73. The maximum Gasteiger partial charge on any atom is 0.236 e. The van der Waals surface area contributed by atoms with E-state index in [4.69, 9.17) is 27.7 Å². The Hall–Kier alpha value is -3.18. The van der Waals surface area contributed by atoms with Gasteiger partial charge in [-0.15, -0.1) is 0 Å². The summed E-state index contributed by atoms with van der Waals surface area (Å²) in [7, 11) is 0. The molecule has 0 saturated carbocycles. The van der Waals surface area contributed by atoms with Crippen molar-refractivity contribution in [3.05, 3.63) is 35.6 Å². The summed E-state index contributed by atoms with van der Waals surface area (Å²) in [5.74, 6) is 0.199. The van der Waals surface area contributed by atoms with Gasteiger partial charge >= 0.3 is 0 Å². The number of piperidine rings is 1. The molecule has 0 bridgehead atoms. The van der Waals surface area contributed by atoms with E-state index in [1.54, 1.807) is 17.0 Å². The molecule has 3 aromatic rings. The van der Waals surface area contributed by atoms with Crippen LogP contribution in [-0.2, 0) is 4.79 Å². The fourth-order valence-corrected chi connectivity index (χ4v) is 3.75. The number of halogens is 1. The summed E-state index contributed by atoms with van der Waals surface area (Å²) in [6.45, 7) is 1.14. The molecule has 9 heteroatoms. The van der Waals surface area contributed by atoms with Crippen molar-refractivity contribution in [2.45, 2.75) is 25.3 Å². The first-order valence-corrected chi connectivity index (χ1v) is 9.35. The molecular formula is C19H18ClN7O. The molecule has 3 heterocycles. The maximum absolute atomic E-state index is 12.2. The standard InChI is InChI=1S/C19H18ClN7O/c20-13-5-3-12(4-6-13)17-16-18(22)23-11-24-19(16)27(25-17)14-2-1-9-26(10-14)15(28)7-8-21/h3-6,11,14H,1-2,7,9-10H2,(H2,22,23,24). The quantitative estimate of drug-likeness (QED) is 0.729. The van der Waals surface area contributed by atoms with E-state index in [-0.39, 0.29) is 18.4 Å². The number of likely N-dealkylation sites (tertiary alicyclic amines) is 1. The second kappa shape index (κ2) is 7.44. The van der Waals surface area contributed by atoms with Crippen molar-refractivity contribution in [2.75, 3.05) is 18.8 Å². The molecule has 28 heavy (non-hydrogen) atoms. The van der Waals surface area contributed by atoms with Gasteiger partial charge in [0.15, 0.2) is 5.65 Å². The Balaban J connectivity index is 1.78. The number of nitrogens with zero attached hydrogens (tertiary/aromatic N) is 6. The molecule has 1 aliphatic heterocycles. The number of nitriles is 1. The van der Waals surface area contributed by atoms with Gasteiger partial charge in [-0.2, -0.15) is 10.4 Å². The van der Waals surface area contributed by atoms with Crippen LogP contribution in [0.4, 0.5) is 5.82 Å². The van der Waals surface area contributed by atoms with Crippen molar-refractivity contribution in [3.63, 3.8) is 0 Å². The average Bonchev–Trinajstić information content (AvgIpc) is 3.10. The number of anilines is 1. The van der Waals surface area contributed by atoms with E-state index in [1.165, 1.54) is 6.33 Å². The summed E-state index contributed by atoms with van der Waals surface area (Å²) in [6.07, 6.45) is 3.00. The molecule has 1 fully saturated rings. The predicted octanol–water partition coefficient (Wildman–Crippen LogP) is 2.81. The molecule has 1 amide bonds. The van der Waals surface area contributed by atoms with Crippen LogP contribution in [0.2, 0.25) is 5.02 Å². The highest BCUT2D eigenvalue weighted by molar-refractivity contribution is 6.30. The molecule has 1 saturated heterocycles. The SMILES string of the molecule is N#CCC(=O)N1CCCC(n2nc(-c3ccc(Cl)cc3)c3c(N)ncnc32)C1. The van der Waals surface area contributed by atoms with Crippen molar-refractivity contribution in [2.24, 2.45) is 0 Å². The van der Waals surface area contributed by atoms with E-state index in [0.717, 1.165) is 18.4 Å². The summed E-state index contributed by atoms with van der Waals surface area (Å²) in [5.41, 5.74) is 8.34. The third-order valence-corrected chi connectivity index (χ3v) is 5.21. The lowest BCUT2D eigenvalue weighted by Crippen LogP contribution is -2.40. The Morgan fingerprint density at radius 1 is 1.32 bits per heavy atom. The van der Waals surface area contributed by atoms with Gasteiger partial charge in [-0.1, -0.05) is 23.7 Å². The van der Waals surface area contributed by atoms with E-state index >= 15 is 0 Å². The fraction of sp³-hybridized carbons (Fsp3) is 0.316. The maximum atomic E-state index is 12.2. The van der Waals surface area contributed by atoms with E-state index in [9.17, 15) is 4.79 Å². The molecule has 1 atom stereocenters. The zero-order chi connectivity index (χ0) is 19.7. The molecule has 1 aromatic carbocycles. The number of carbonyl (C=O) groups excluding carboxylic acids is 1. The molecule has 2 N–H and O–H groups in total. The third-order valence-electron chi connectivity index (χ3n) is 4.96. The van der Waals surface area contributed by atoms with Gasteiger partial charge in [0.25, 0.3) is 0 Å². The fourth-order valence-electron chi connectivity index (χ4n) is 3.62. The van der Waals surface area contributed by atoms with Crippen molar-refractivity contribution in [1.29, 1.82) is 5.26 Å². The molecule has 0 spiro atoms. The van der Waals surface area contributed by atoms with Crippen LogP contribution in [0.5, 0.6) is 0 Å². The van der Waals surface area contributed by atoms with Crippen LogP contribution in [0.25, 0.3) is 22.3 Å². The molecule has 8 nitrogen and oxygen atoms in total. The third kappa shape index (κ3) is 3.25. The first-order chi connectivity index (χ1) is 13.6. The first kappa shape index (κ1) is 18.2. The molecule has 2 aromatic heterocycles. The number of rotatable bonds is 3. The molecule has 142 valence electrons. The monoisotopic (exact) mass is 395 g/mol. The lowest BCUT2D eigenvalue weighted by atomic mass is 10.1. The Morgan fingerprint density at radius 3 is 2.86 bits per heavy atom.